The Balaban J connectivity index is 1.91. The van der Waals surface area contributed by atoms with Gasteiger partial charge in [0.15, 0.2) is 0 Å². The van der Waals surface area contributed by atoms with E-state index in [1.807, 2.05) is 6.07 Å². The Morgan fingerprint density at radius 2 is 2.30 bits per heavy atom. The molecule has 1 aromatic carbocycles. The van der Waals surface area contributed by atoms with Crippen LogP contribution < -0.4 is 10.1 Å². The number of halogens is 1. The summed E-state index contributed by atoms with van der Waals surface area (Å²) in [6, 6.07) is 3.76. The lowest BCUT2D eigenvalue weighted by molar-refractivity contribution is -0.385. The molecule has 5 nitrogen and oxygen atoms in total. The van der Waals surface area contributed by atoms with Gasteiger partial charge in [-0.25, -0.2) is 0 Å². The van der Waals surface area contributed by atoms with E-state index in [9.17, 15) is 10.1 Å². The highest BCUT2D eigenvalue weighted by Gasteiger charge is 2.55. The van der Waals surface area contributed by atoms with Gasteiger partial charge in [0.25, 0.3) is 0 Å². The van der Waals surface area contributed by atoms with Gasteiger partial charge in [-0.1, -0.05) is 11.6 Å². The third-order valence-electron chi connectivity index (χ3n) is 5.04. The van der Waals surface area contributed by atoms with Crippen molar-refractivity contribution in [1.82, 2.24) is 5.32 Å². The molecule has 6 heteroatoms. The Morgan fingerprint density at radius 3 is 3.10 bits per heavy atom. The van der Waals surface area contributed by atoms with Gasteiger partial charge in [-0.15, -0.1) is 0 Å². The molecule has 2 bridgehead atoms. The van der Waals surface area contributed by atoms with E-state index in [1.54, 1.807) is 0 Å². The summed E-state index contributed by atoms with van der Waals surface area (Å²) in [6.45, 7) is 0.935. The number of fused-ring (bicyclic) bond motifs is 2. The molecule has 3 aliphatic rings. The maximum atomic E-state index is 11.2. The van der Waals surface area contributed by atoms with E-state index in [4.69, 9.17) is 16.3 Å². The average molecular weight is 295 g/mol. The molecular formula is C14H15ClN2O3. The molecule has 20 heavy (non-hydrogen) atoms. The van der Waals surface area contributed by atoms with Crippen molar-refractivity contribution in [2.24, 2.45) is 0 Å². The van der Waals surface area contributed by atoms with Crippen LogP contribution in [0.15, 0.2) is 12.1 Å². The number of benzene rings is 1. The molecule has 2 aliphatic heterocycles. The lowest BCUT2D eigenvalue weighted by atomic mass is 9.63. The Bertz CT molecular complexity index is 606. The van der Waals surface area contributed by atoms with Gasteiger partial charge in [0.05, 0.1) is 4.92 Å². The molecule has 2 heterocycles. The van der Waals surface area contributed by atoms with Crippen molar-refractivity contribution in [1.29, 1.82) is 0 Å². The van der Waals surface area contributed by atoms with E-state index in [0.717, 1.165) is 37.8 Å². The van der Waals surface area contributed by atoms with Crippen LogP contribution in [0.1, 0.15) is 31.2 Å². The van der Waals surface area contributed by atoms with E-state index in [2.05, 4.69) is 5.32 Å². The molecule has 1 aliphatic carbocycles. The third kappa shape index (κ3) is 1.53. The van der Waals surface area contributed by atoms with E-state index < -0.39 is 4.92 Å². The molecule has 1 spiro atoms. The number of hydrogen-bond donors (Lipinski definition) is 1. The summed E-state index contributed by atoms with van der Waals surface area (Å²) in [5.74, 6) is 0.451. The monoisotopic (exact) mass is 294 g/mol. The van der Waals surface area contributed by atoms with Crippen LogP contribution in [-0.4, -0.2) is 23.6 Å². The zero-order chi connectivity index (χ0) is 13.9. The van der Waals surface area contributed by atoms with Crippen LogP contribution in [0.4, 0.5) is 5.69 Å². The normalized spacial score (nSPS) is 34.0. The predicted molar refractivity (Wildman–Crippen MR) is 74.5 cm³/mol. The average Bonchev–Trinajstić information content (AvgIpc) is 2.71. The lowest BCUT2D eigenvalue weighted by Crippen LogP contribution is -2.55. The Hall–Kier alpha value is -1.33. The van der Waals surface area contributed by atoms with Crippen LogP contribution in [0.25, 0.3) is 0 Å². The topological polar surface area (TPSA) is 64.4 Å². The van der Waals surface area contributed by atoms with E-state index in [0.29, 0.717) is 16.8 Å². The highest BCUT2D eigenvalue weighted by molar-refractivity contribution is 6.31. The molecule has 1 aromatic rings. The number of piperidine rings is 1. The number of nitro benzene ring substituents is 1. The number of rotatable bonds is 1. The zero-order valence-corrected chi connectivity index (χ0v) is 11.7. The first-order valence-electron chi connectivity index (χ1n) is 6.99. The molecule has 0 radical (unpaired) electrons. The van der Waals surface area contributed by atoms with Crippen LogP contribution in [0.5, 0.6) is 5.75 Å². The number of nitro groups is 1. The minimum atomic E-state index is -0.392. The van der Waals surface area contributed by atoms with Crippen molar-refractivity contribution in [3.8, 4) is 5.75 Å². The second-order valence-electron chi connectivity index (χ2n) is 6.00. The van der Waals surface area contributed by atoms with Crippen molar-refractivity contribution in [2.45, 2.75) is 43.2 Å². The maximum absolute atomic E-state index is 11.2. The molecule has 106 valence electrons. The smallest absolute Gasteiger partial charge is 0.312 e. The third-order valence-corrected chi connectivity index (χ3v) is 5.25. The molecule has 1 saturated heterocycles. The van der Waals surface area contributed by atoms with Gasteiger partial charge in [0.1, 0.15) is 6.10 Å². The largest absolute Gasteiger partial charge is 0.482 e. The number of nitrogens with one attached hydrogen (secondary N) is 1. The fourth-order valence-electron chi connectivity index (χ4n) is 4.18. The van der Waals surface area contributed by atoms with Crippen molar-refractivity contribution in [3.05, 3.63) is 32.8 Å². The fraction of sp³-hybridized carbons (Fsp3) is 0.571. The summed E-state index contributed by atoms with van der Waals surface area (Å²) in [6.07, 6.45) is 4.03. The van der Waals surface area contributed by atoms with Gasteiger partial charge in [-0.3, -0.25) is 10.1 Å². The van der Waals surface area contributed by atoms with Crippen molar-refractivity contribution >= 4 is 17.3 Å². The van der Waals surface area contributed by atoms with Crippen LogP contribution in [0, 0.1) is 10.1 Å². The highest BCUT2D eigenvalue weighted by Crippen LogP contribution is 2.56. The minimum absolute atomic E-state index is 0.00589. The molecule has 4 rings (SSSR count). The van der Waals surface area contributed by atoms with Crippen LogP contribution in [-0.2, 0) is 5.41 Å². The zero-order valence-electron chi connectivity index (χ0n) is 10.9. The second-order valence-corrected chi connectivity index (χ2v) is 6.44. The molecule has 1 N–H and O–H groups in total. The van der Waals surface area contributed by atoms with Crippen LogP contribution in [0.3, 0.4) is 0 Å². The summed E-state index contributed by atoms with van der Waals surface area (Å²) < 4.78 is 6.01. The SMILES string of the molecule is O=[N+]([O-])c1cc(Cl)cc2c1O[C@@H]1CC[C@@H]3C[C@@]21CCN3. The molecule has 0 aromatic heterocycles. The number of ether oxygens (including phenoxy) is 1. The van der Waals surface area contributed by atoms with Crippen molar-refractivity contribution in [2.75, 3.05) is 6.54 Å². The van der Waals surface area contributed by atoms with Crippen molar-refractivity contribution < 1.29 is 9.66 Å². The van der Waals surface area contributed by atoms with Gasteiger partial charge in [-0.2, -0.15) is 0 Å². The van der Waals surface area contributed by atoms with Crippen LogP contribution in [0.2, 0.25) is 5.02 Å². The molecule has 3 atom stereocenters. The van der Waals surface area contributed by atoms with Gasteiger partial charge in [0, 0.05) is 28.1 Å². The molecule has 2 fully saturated rings. The van der Waals surface area contributed by atoms with Gasteiger partial charge < -0.3 is 10.1 Å². The first kappa shape index (κ1) is 12.4. The number of nitrogens with zero attached hydrogens (tertiary/aromatic N) is 1. The predicted octanol–water partition coefficient (Wildman–Crippen LogP) is 2.79. The Kier molecular flexibility index (Phi) is 2.54. The quantitative estimate of drug-likeness (QED) is 0.639. The lowest BCUT2D eigenvalue weighted by Gasteiger charge is -2.46. The van der Waals surface area contributed by atoms with Gasteiger partial charge in [0.2, 0.25) is 5.75 Å². The van der Waals surface area contributed by atoms with Crippen molar-refractivity contribution in [3.63, 3.8) is 0 Å². The Labute approximate surface area is 121 Å². The van der Waals surface area contributed by atoms with Gasteiger partial charge in [-0.05, 0) is 38.3 Å². The second kappa shape index (κ2) is 4.09. The summed E-state index contributed by atoms with van der Waals surface area (Å²) in [7, 11) is 0. The highest BCUT2D eigenvalue weighted by atomic mass is 35.5. The molecular weight excluding hydrogens is 280 g/mol. The van der Waals surface area contributed by atoms with E-state index in [-0.39, 0.29) is 17.2 Å². The first-order chi connectivity index (χ1) is 9.60. The van der Waals surface area contributed by atoms with E-state index >= 15 is 0 Å². The van der Waals surface area contributed by atoms with Crippen LogP contribution >= 0.6 is 11.6 Å². The minimum Gasteiger partial charge on any atom is -0.482 e. The molecule has 0 unspecified atom stereocenters. The summed E-state index contributed by atoms with van der Waals surface area (Å²) in [5, 5.41) is 15.2. The number of hydrogen-bond acceptors (Lipinski definition) is 4. The summed E-state index contributed by atoms with van der Waals surface area (Å²) in [4.78, 5) is 10.9. The van der Waals surface area contributed by atoms with Gasteiger partial charge >= 0.3 is 5.69 Å². The van der Waals surface area contributed by atoms with E-state index in [1.165, 1.54) is 6.07 Å². The Morgan fingerprint density at radius 1 is 1.45 bits per heavy atom. The summed E-state index contributed by atoms with van der Waals surface area (Å²) >= 11 is 6.10. The standard InChI is InChI=1S/C14H15ClN2O3/c15-8-5-10-13(11(6-8)17(18)19)20-12-2-1-9-7-14(10,12)3-4-16-9/h5-6,9,12,16H,1-4,7H2/t9-,12-,14+/m1/s1. The fourth-order valence-corrected chi connectivity index (χ4v) is 4.39. The summed E-state index contributed by atoms with van der Waals surface area (Å²) in [5.41, 5.74) is 0.873. The first-order valence-corrected chi connectivity index (χ1v) is 7.36. The maximum Gasteiger partial charge on any atom is 0.312 e. The molecule has 1 saturated carbocycles. The molecule has 0 amide bonds.